The molecule has 3 aromatic rings. The van der Waals surface area contributed by atoms with Gasteiger partial charge in [0, 0.05) is 5.69 Å². The lowest BCUT2D eigenvalue weighted by molar-refractivity contribution is -0.116. The Labute approximate surface area is 148 Å². The zero-order chi connectivity index (χ0) is 17.3. The van der Waals surface area contributed by atoms with Crippen LogP contribution in [0.1, 0.15) is 17.5 Å². The Morgan fingerprint density at radius 3 is 2.20 bits per heavy atom. The molecule has 0 aromatic heterocycles. The Kier molecular flexibility index (Phi) is 5.83. The van der Waals surface area contributed by atoms with Crippen LogP contribution in [0.15, 0.2) is 84.9 Å². The summed E-state index contributed by atoms with van der Waals surface area (Å²) in [6, 6.07) is 27.7. The van der Waals surface area contributed by atoms with Crippen molar-refractivity contribution in [1.29, 1.82) is 0 Å². The van der Waals surface area contributed by atoms with Crippen LogP contribution in [0.3, 0.4) is 0 Å². The molecule has 0 atom stereocenters. The number of rotatable bonds is 7. The topological polar surface area (TPSA) is 38.3 Å². The first-order chi connectivity index (χ1) is 12.3. The third kappa shape index (κ3) is 5.21. The van der Waals surface area contributed by atoms with Crippen molar-refractivity contribution in [2.24, 2.45) is 0 Å². The lowest BCUT2D eigenvalue weighted by atomic mass is 10.0. The summed E-state index contributed by atoms with van der Waals surface area (Å²) in [6.07, 6.45) is 1.10. The van der Waals surface area contributed by atoms with E-state index in [1.165, 1.54) is 5.56 Å². The van der Waals surface area contributed by atoms with Crippen LogP contribution in [0.2, 0.25) is 0 Å². The van der Waals surface area contributed by atoms with Gasteiger partial charge in [-0.1, -0.05) is 66.7 Å². The molecule has 126 valence electrons. The molecule has 3 aromatic carbocycles. The molecule has 3 heteroatoms. The maximum atomic E-state index is 12.2. The van der Waals surface area contributed by atoms with E-state index in [1.807, 2.05) is 72.8 Å². The zero-order valence-electron chi connectivity index (χ0n) is 14.0. The van der Waals surface area contributed by atoms with Crippen molar-refractivity contribution < 1.29 is 9.53 Å². The molecular weight excluding hydrogens is 310 g/mol. The van der Waals surface area contributed by atoms with E-state index in [0.29, 0.717) is 13.0 Å². The van der Waals surface area contributed by atoms with Gasteiger partial charge in [0.15, 0.2) is 0 Å². The first-order valence-electron chi connectivity index (χ1n) is 8.41. The van der Waals surface area contributed by atoms with E-state index in [9.17, 15) is 4.79 Å². The third-order valence-corrected chi connectivity index (χ3v) is 3.87. The fraction of sp³-hybridized carbons (Fsp3) is 0.136. The summed E-state index contributed by atoms with van der Waals surface area (Å²) in [4.78, 5) is 12.2. The van der Waals surface area contributed by atoms with Crippen molar-refractivity contribution in [3.8, 4) is 5.75 Å². The number of nitrogens with one attached hydrogen (secondary N) is 1. The first-order valence-corrected chi connectivity index (χ1v) is 8.41. The van der Waals surface area contributed by atoms with Crippen LogP contribution in [0, 0.1) is 0 Å². The van der Waals surface area contributed by atoms with Gasteiger partial charge in [0.1, 0.15) is 5.75 Å². The SMILES string of the molecule is O=C(CCOc1ccccc1)Nc1ccccc1Cc1ccccc1. The highest BCUT2D eigenvalue weighted by Gasteiger charge is 2.07. The van der Waals surface area contributed by atoms with Crippen LogP contribution in [0.5, 0.6) is 5.75 Å². The first kappa shape index (κ1) is 16.8. The molecule has 1 amide bonds. The molecule has 0 aliphatic rings. The number of para-hydroxylation sites is 2. The maximum Gasteiger partial charge on any atom is 0.227 e. The van der Waals surface area contributed by atoms with Gasteiger partial charge in [-0.25, -0.2) is 0 Å². The van der Waals surface area contributed by atoms with Crippen molar-refractivity contribution in [3.63, 3.8) is 0 Å². The van der Waals surface area contributed by atoms with Gasteiger partial charge in [0.05, 0.1) is 13.0 Å². The molecule has 0 aliphatic carbocycles. The smallest absolute Gasteiger partial charge is 0.227 e. The molecule has 0 saturated heterocycles. The molecule has 25 heavy (non-hydrogen) atoms. The van der Waals surface area contributed by atoms with Gasteiger partial charge in [0.2, 0.25) is 5.91 Å². The van der Waals surface area contributed by atoms with Gasteiger partial charge in [-0.2, -0.15) is 0 Å². The number of carbonyl (C=O) groups is 1. The molecule has 0 heterocycles. The molecular formula is C22H21NO2. The van der Waals surface area contributed by atoms with Gasteiger partial charge in [0.25, 0.3) is 0 Å². The second-order valence-electron chi connectivity index (χ2n) is 5.78. The second kappa shape index (κ2) is 8.69. The highest BCUT2D eigenvalue weighted by Crippen LogP contribution is 2.19. The minimum atomic E-state index is -0.0450. The van der Waals surface area contributed by atoms with Crippen molar-refractivity contribution in [2.75, 3.05) is 11.9 Å². The Morgan fingerprint density at radius 2 is 1.44 bits per heavy atom. The molecule has 0 bridgehead atoms. The predicted octanol–water partition coefficient (Wildman–Crippen LogP) is 4.69. The Balaban J connectivity index is 1.56. The summed E-state index contributed by atoms with van der Waals surface area (Å²) < 4.78 is 5.58. The Hall–Kier alpha value is -3.07. The standard InChI is InChI=1S/C22H21NO2/c24-22(15-16-25-20-12-5-2-6-13-20)23-21-14-8-7-11-19(21)17-18-9-3-1-4-10-18/h1-14H,15-17H2,(H,23,24). The molecule has 3 nitrogen and oxygen atoms in total. The van der Waals surface area contributed by atoms with E-state index < -0.39 is 0 Å². The van der Waals surface area contributed by atoms with E-state index in [0.717, 1.165) is 23.4 Å². The number of hydrogen-bond donors (Lipinski definition) is 1. The third-order valence-electron chi connectivity index (χ3n) is 3.87. The van der Waals surface area contributed by atoms with Crippen LogP contribution in [-0.2, 0) is 11.2 Å². The largest absolute Gasteiger partial charge is 0.493 e. The monoisotopic (exact) mass is 331 g/mol. The van der Waals surface area contributed by atoms with E-state index in [4.69, 9.17) is 4.74 Å². The highest BCUT2D eigenvalue weighted by molar-refractivity contribution is 5.91. The fourth-order valence-electron chi connectivity index (χ4n) is 2.60. The molecule has 0 spiro atoms. The van der Waals surface area contributed by atoms with Gasteiger partial charge in [-0.05, 0) is 35.7 Å². The Morgan fingerprint density at radius 1 is 0.800 bits per heavy atom. The number of ether oxygens (including phenoxy) is 1. The summed E-state index contributed by atoms with van der Waals surface area (Å²) in [5, 5.41) is 3.00. The summed E-state index contributed by atoms with van der Waals surface area (Å²) in [5.41, 5.74) is 3.18. The van der Waals surface area contributed by atoms with Crippen LogP contribution >= 0.6 is 0 Å². The summed E-state index contributed by atoms with van der Waals surface area (Å²) in [6.45, 7) is 0.358. The average molecular weight is 331 g/mol. The lowest BCUT2D eigenvalue weighted by Crippen LogP contribution is -2.16. The van der Waals surface area contributed by atoms with Gasteiger partial charge >= 0.3 is 0 Å². The van der Waals surface area contributed by atoms with Crippen molar-refractivity contribution in [2.45, 2.75) is 12.8 Å². The maximum absolute atomic E-state index is 12.2. The normalized spacial score (nSPS) is 10.2. The van der Waals surface area contributed by atoms with Crippen molar-refractivity contribution in [1.82, 2.24) is 0 Å². The summed E-state index contributed by atoms with van der Waals surface area (Å²) in [7, 11) is 0. The van der Waals surface area contributed by atoms with E-state index in [-0.39, 0.29) is 5.91 Å². The van der Waals surface area contributed by atoms with Gasteiger partial charge in [-0.3, -0.25) is 4.79 Å². The van der Waals surface area contributed by atoms with E-state index >= 15 is 0 Å². The fourth-order valence-corrected chi connectivity index (χ4v) is 2.60. The van der Waals surface area contributed by atoms with Crippen LogP contribution in [0.25, 0.3) is 0 Å². The van der Waals surface area contributed by atoms with Crippen LogP contribution < -0.4 is 10.1 Å². The molecule has 0 radical (unpaired) electrons. The summed E-state index contributed by atoms with van der Waals surface area (Å²) in [5.74, 6) is 0.733. The molecule has 0 unspecified atom stereocenters. The molecule has 0 aliphatic heterocycles. The minimum Gasteiger partial charge on any atom is -0.493 e. The molecule has 0 saturated carbocycles. The Bertz CT molecular complexity index is 801. The minimum absolute atomic E-state index is 0.0450. The van der Waals surface area contributed by atoms with Gasteiger partial charge < -0.3 is 10.1 Å². The molecule has 1 N–H and O–H groups in total. The van der Waals surface area contributed by atoms with Crippen LogP contribution in [0.4, 0.5) is 5.69 Å². The predicted molar refractivity (Wildman–Crippen MR) is 101 cm³/mol. The van der Waals surface area contributed by atoms with E-state index in [1.54, 1.807) is 0 Å². The lowest BCUT2D eigenvalue weighted by Gasteiger charge is -2.12. The summed E-state index contributed by atoms with van der Waals surface area (Å²) >= 11 is 0. The number of carbonyl (C=O) groups excluding carboxylic acids is 1. The van der Waals surface area contributed by atoms with Crippen molar-refractivity contribution >= 4 is 11.6 Å². The number of benzene rings is 3. The number of hydrogen-bond acceptors (Lipinski definition) is 2. The number of amides is 1. The highest BCUT2D eigenvalue weighted by atomic mass is 16.5. The number of anilines is 1. The molecule has 0 fully saturated rings. The van der Waals surface area contributed by atoms with Crippen molar-refractivity contribution in [3.05, 3.63) is 96.1 Å². The van der Waals surface area contributed by atoms with Gasteiger partial charge in [-0.15, -0.1) is 0 Å². The molecule has 3 rings (SSSR count). The average Bonchev–Trinajstić information content (AvgIpc) is 2.65. The van der Waals surface area contributed by atoms with E-state index in [2.05, 4.69) is 17.4 Å². The van der Waals surface area contributed by atoms with Crippen LogP contribution in [-0.4, -0.2) is 12.5 Å². The second-order valence-corrected chi connectivity index (χ2v) is 5.78. The quantitative estimate of drug-likeness (QED) is 0.682. The zero-order valence-corrected chi connectivity index (χ0v) is 14.0.